The van der Waals surface area contributed by atoms with E-state index in [1.54, 1.807) is 0 Å². The summed E-state index contributed by atoms with van der Waals surface area (Å²) in [6.07, 6.45) is 5.55. The van der Waals surface area contributed by atoms with E-state index in [2.05, 4.69) is 5.32 Å². The molecule has 1 aliphatic rings. The van der Waals surface area contributed by atoms with Crippen LogP contribution in [-0.2, 0) is 4.74 Å². The summed E-state index contributed by atoms with van der Waals surface area (Å²) in [5.41, 5.74) is 0. The molecule has 0 aromatic heterocycles. The standard InChI is InChI=1S/C9H19NO/c1-2-11-8-7-10-9-5-3-4-6-9/h9-10H,2-8H2,1H3. The quantitative estimate of drug-likeness (QED) is 0.611. The van der Waals surface area contributed by atoms with Crippen molar-refractivity contribution in [2.45, 2.75) is 38.6 Å². The minimum Gasteiger partial charge on any atom is -0.380 e. The molecule has 0 unspecified atom stereocenters. The molecule has 0 aromatic rings. The van der Waals surface area contributed by atoms with Gasteiger partial charge in [0.15, 0.2) is 0 Å². The van der Waals surface area contributed by atoms with Crippen molar-refractivity contribution in [2.24, 2.45) is 0 Å². The van der Waals surface area contributed by atoms with E-state index >= 15 is 0 Å². The lowest BCUT2D eigenvalue weighted by atomic mass is 10.2. The first-order valence-corrected chi connectivity index (χ1v) is 4.74. The second-order valence-corrected chi connectivity index (χ2v) is 3.13. The van der Waals surface area contributed by atoms with Gasteiger partial charge in [-0.25, -0.2) is 0 Å². The van der Waals surface area contributed by atoms with Crippen molar-refractivity contribution in [1.29, 1.82) is 0 Å². The predicted octanol–water partition coefficient (Wildman–Crippen LogP) is 1.56. The van der Waals surface area contributed by atoms with E-state index in [-0.39, 0.29) is 0 Å². The van der Waals surface area contributed by atoms with Crippen LogP contribution in [0.3, 0.4) is 0 Å². The smallest absolute Gasteiger partial charge is 0.0590 e. The van der Waals surface area contributed by atoms with Gasteiger partial charge >= 0.3 is 0 Å². The van der Waals surface area contributed by atoms with Gasteiger partial charge in [0.2, 0.25) is 0 Å². The number of rotatable bonds is 5. The third-order valence-electron chi connectivity index (χ3n) is 2.24. The van der Waals surface area contributed by atoms with Crippen LogP contribution in [0.1, 0.15) is 32.6 Å². The number of hydrogen-bond acceptors (Lipinski definition) is 2. The lowest BCUT2D eigenvalue weighted by Gasteiger charge is -2.10. The largest absolute Gasteiger partial charge is 0.380 e. The van der Waals surface area contributed by atoms with E-state index < -0.39 is 0 Å². The van der Waals surface area contributed by atoms with Crippen molar-refractivity contribution in [3.63, 3.8) is 0 Å². The zero-order valence-corrected chi connectivity index (χ0v) is 7.44. The van der Waals surface area contributed by atoms with Gasteiger partial charge in [-0.15, -0.1) is 0 Å². The van der Waals surface area contributed by atoms with Crippen LogP contribution >= 0.6 is 0 Å². The Hall–Kier alpha value is -0.0800. The van der Waals surface area contributed by atoms with Crippen molar-refractivity contribution in [2.75, 3.05) is 19.8 Å². The first kappa shape index (κ1) is 9.01. The molecule has 2 nitrogen and oxygen atoms in total. The SMILES string of the molecule is CCOCCNC1CCCC1. The molecule has 0 aliphatic heterocycles. The zero-order chi connectivity index (χ0) is 7.94. The monoisotopic (exact) mass is 157 g/mol. The highest BCUT2D eigenvalue weighted by molar-refractivity contribution is 4.72. The summed E-state index contributed by atoms with van der Waals surface area (Å²) in [5.74, 6) is 0. The minimum absolute atomic E-state index is 0.787. The summed E-state index contributed by atoms with van der Waals surface area (Å²) in [7, 11) is 0. The molecule has 0 saturated heterocycles. The Balaban J connectivity index is 1.86. The molecule has 1 saturated carbocycles. The Morgan fingerprint density at radius 2 is 2.09 bits per heavy atom. The molecular weight excluding hydrogens is 138 g/mol. The predicted molar refractivity (Wildman–Crippen MR) is 46.8 cm³/mol. The number of ether oxygens (including phenoxy) is 1. The molecule has 0 radical (unpaired) electrons. The van der Waals surface area contributed by atoms with Crippen LogP contribution < -0.4 is 5.32 Å². The lowest BCUT2D eigenvalue weighted by molar-refractivity contribution is 0.147. The Labute approximate surface area is 69.3 Å². The maximum atomic E-state index is 5.23. The van der Waals surface area contributed by atoms with Crippen LogP contribution in [-0.4, -0.2) is 25.8 Å². The summed E-state index contributed by atoms with van der Waals surface area (Å²) in [6.45, 7) is 4.77. The Bertz CT molecular complexity index is 89.6. The van der Waals surface area contributed by atoms with Crippen LogP contribution in [0.15, 0.2) is 0 Å². The molecular formula is C9H19NO. The van der Waals surface area contributed by atoms with Crippen LogP contribution in [0.5, 0.6) is 0 Å². The molecule has 0 amide bonds. The summed E-state index contributed by atoms with van der Waals surface area (Å²) in [5, 5.41) is 3.49. The highest BCUT2D eigenvalue weighted by atomic mass is 16.5. The van der Waals surface area contributed by atoms with Gasteiger partial charge in [0.1, 0.15) is 0 Å². The first-order chi connectivity index (χ1) is 5.43. The van der Waals surface area contributed by atoms with Crippen molar-refractivity contribution < 1.29 is 4.74 Å². The van der Waals surface area contributed by atoms with E-state index in [4.69, 9.17) is 4.74 Å². The van der Waals surface area contributed by atoms with Crippen LogP contribution in [0.25, 0.3) is 0 Å². The average Bonchev–Trinajstić information content (AvgIpc) is 2.50. The van der Waals surface area contributed by atoms with Crippen LogP contribution in [0.2, 0.25) is 0 Å². The Kier molecular flexibility index (Phi) is 4.55. The van der Waals surface area contributed by atoms with Gasteiger partial charge in [-0.1, -0.05) is 12.8 Å². The molecule has 1 fully saturated rings. The third kappa shape index (κ3) is 3.73. The maximum absolute atomic E-state index is 5.23. The van der Waals surface area contributed by atoms with Gasteiger partial charge in [-0.3, -0.25) is 0 Å². The van der Waals surface area contributed by atoms with Gasteiger partial charge < -0.3 is 10.1 Å². The molecule has 1 aliphatic carbocycles. The molecule has 1 N–H and O–H groups in total. The fraction of sp³-hybridized carbons (Fsp3) is 1.00. The zero-order valence-electron chi connectivity index (χ0n) is 7.44. The second-order valence-electron chi connectivity index (χ2n) is 3.13. The van der Waals surface area contributed by atoms with E-state index in [0.717, 1.165) is 25.8 Å². The Morgan fingerprint density at radius 1 is 1.36 bits per heavy atom. The normalized spacial score (nSPS) is 19.4. The fourth-order valence-electron chi connectivity index (χ4n) is 1.61. The van der Waals surface area contributed by atoms with E-state index in [0.29, 0.717) is 0 Å². The number of hydrogen-bond donors (Lipinski definition) is 1. The fourth-order valence-corrected chi connectivity index (χ4v) is 1.61. The summed E-state index contributed by atoms with van der Waals surface area (Å²) in [6, 6.07) is 0.787. The molecule has 2 heteroatoms. The molecule has 1 rings (SSSR count). The van der Waals surface area contributed by atoms with Crippen LogP contribution in [0.4, 0.5) is 0 Å². The Morgan fingerprint density at radius 3 is 2.73 bits per heavy atom. The highest BCUT2D eigenvalue weighted by Gasteiger charge is 2.12. The van der Waals surface area contributed by atoms with Crippen molar-refractivity contribution in [1.82, 2.24) is 5.32 Å². The topological polar surface area (TPSA) is 21.3 Å². The first-order valence-electron chi connectivity index (χ1n) is 4.74. The van der Waals surface area contributed by atoms with Gasteiger partial charge in [-0.2, -0.15) is 0 Å². The van der Waals surface area contributed by atoms with E-state index in [1.165, 1.54) is 25.7 Å². The van der Waals surface area contributed by atoms with Crippen molar-refractivity contribution >= 4 is 0 Å². The highest BCUT2D eigenvalue weighted by Crippen LogP contribution is 2.16. The molecule has 0 atom stereocenters. The molecule has 66 valence electrons. The number of nitrogens with one attached hydrogen (secondary N) is 1. The van der Waals surface area contributed by atoms with Crippen molar-refractivity contribution in [3.05, 3.63) is 0 Å². The lowest BCUT2D eigenvalue weighted by Crippen LogP contribution is -2.29. The average molecular weight is 157 g/mol. The van der Waals surface area contributed by atoms with Crippen molar-refractivity contribution in [3.8, 4) is 0 Å². The molecule has 0 aromatic carbocycles. The maximum Gasteiger partial charge on any atom is 0.0590 e. The molecule has 0 spiro atoms. The molecule has 0 bridgehead atoms. The van der Waals surface area contributed by atoms with Gasteiger partial charge in [0.25, 0.3) is 0 Å². The van der Waals surface area contributed by atoms with Gasteiger partial charge in [0, 0.05) is 19.2 Å². The van der Waals surface area contributed by atoms with E-state index in [1.807, 2.05) is 6.92 Å². The third-order valence-corrected chi connectivity index (χ3v) is 2.24. The van der Waals surface area contributed by atoms with E-state index in [9.17, 15) is 0 Å². The second kappa shape index (κ2) is 5.56. The summed E-state index contributed by atoms with van der Waals surface area (Å²) >= 11 is 0. The minimum atomic E-state index is 0.787. The molecule has 11 heavy (non-hydrogen) atoms. The van der Waals surface area contributed by atoms with Gasteiger partial charge in [-0.05, 0) is 19.8 Å². The van der Waals surface area contributed by atoms with Gasteiger partial charge in [0.05, 0.1) is 6.61 Å². The molecule has 0 heterocycles. The van der Waals surface area contributed by atoms with Crippen LogP contribution in [0, 0.1) is 0 Å². The summed E-state index contributed by atoms with van der Waals surface area (Å²) in [4.78, 5) is 0. The summed E-state index contributed by atoms with van der Waals surface area (Å²) < 4.78 is 5.23.